The summed E-state index contributed by atoms with van der Waals surface area (Å²) in [6.45, 7) is 4.29. The van der Waals surface area contributed by atoms with Crippen molar-refractivity contribution in [2.75, 3.05) is 36.4 Å². The number of aryl methyl sites for hydroxylation is 1. The number of para-hydroxylation sites is 1. The van der Waals surface area contributed by atoms with Crippen molar-refractivity contribution in [3.05, 3.63) is 92.4 Å². The number of nitrogens with zero attached hydrogens (tertiary/aromatic N) is 2. The van der Waals surface area contributed by atoms with Gasteiger partial charge < -0.3 is 15.1 Å². The van der Waals surface area contributed by atoms with Crippen molar-refractivity contribution in [1.82, 2.24) is 4.90 Å². The molecule has 1 aliphatic rings. The molecular weight excluding hydrogens is 481 g/mol. The van der Waals surface area contributed by atoms with E-state index in [1.165, 1.54) is 6.07 Å². The number of anilines is 2. The Morgan fingerprint density at radius 3 is 2.12 bits per heavy atom. The lowest BCUT2D eigenvalue weighted by molar-refractivity contribution is 0.0746. The molecule has 0 bridgehead atoms. The molecule has 1 N–H and O–H groups in total. The molecule has 170 valence electrons. The fourth-order valence-electron chi connectivity index (χ4n) is 3.78. The number of amides is 2. The number of nitrogens with one attached hydrogen (secondary N) is 1. The van der Waals surface area contributed by atoms with Crippen LogP contribution in [-0.4, -0.2) is 42.9 Å². The van der Waals surface area contributed by atoms with Crippen LogP contribution in [0, 0.1) is 6.92 Å². The predicted molar refractivity (Wildman–Crippen MR) is 135 cm³/mol. The maximum atomic E-state index is 12.8. The fraction of sp³-hybridized carbons (Fsp3) is 0.200. The number of carbonyl (C=O) groups excluding carboxylic acids is 2. The van der Waals surface area contributed by atoms with Gasteiger partial charge in [-0.05, 0) is 49.4 Å². The van der Waals surface area contributed by atoms with Crippen LogP contribution < -0.4 is 10.2 Å². The molecular formula is C25H22Cl3N3O2. The summed E-state index contributed by atoms with van der Waals surface area (Å²) in [5.41, 5.74) is 3.52. The Balaban J connectivity index is 1.48. The van der Waals surface area contributed by atoms with Gasteiger partial charge in [0.05, 0.1) is 26.4 Å². The third-order valence-corrected chi connectivity index (χ3v) is 6.64. The zero-order valence-electron chi connectivity index (χ0n) is 17.9. The van der Waals surface area contributed by atoms with Crippen molar-refractivity contribution >= 4 is 58.0 Å². The van der Waals surface area contributed by atoms with Crippen molar-refractivity contribution in [3.63, 3.8) is 0 Å². The highest BCUT2D eigenvalue weighted by molar-refractivity contribution is 6.42. The van der Waals surface area contributed by atoms with Gasteiger partial charge in [-0.1, -0.05) is 58.6 Å². The van der Waals surface area contributed by atoms with Gasteiger partial charge in [-0.15, -0.1) is 0 Å². The molecule has 8 heteroatoms. The van der Waals surface area contributed by atoms with Gasteiger partial charge in [0.25, 0.3) is 11.8 Å². The van der Waals surface area contributed by atoms with Crippen LogP contribution in [0.4, 0.5) is 11.4 Å². The summed E-state index contributed by atoms with van der Waals surface area (Å²) in [4.78, 5) is 29.6. The Bertz CT molecular complexity index is 1190. The van der Waals surface area contributed by atoms with Crippen molar-refractivity contribution in [2.24, 2.45) is 0 Å². The van der Waals surface area contributed by atoms with Gasteiger partial charge in [0.1, 0.15) is 0 Å². The van der Waals surface area contributed by atoms with Gasteiger partial charge >= 0.3 is 0 Å². The minimum Gasteiger partial charge on any atom is -0.365 e. The summed E-state index contributed by atoms with van der Waals surface area (Å²) in [5, 5.41) is 4.15. The third-order valence-electron chi connectivity index (χ3n) is 5.60. The number of hydrogen-bond donors (Lipinski definition) is 1. The number of piperazine rings is 1. The maximum absolute atomic E-state index is 12.8. The number of halogens is 3. The first-order chi connectivity index (χ1) is 15.8. The van der Waals surface area contributed by atoms with Gasteiger partial charge in [0.15, 0.2) is 0 Å². The van der Waals surface area contributed by atoms with E-state index >= 15 is 0 Å². The SMILES string of the molecule is Cc1ccc(C(=O)N2CCN(c3c(Cl)cccc3NC(=O)c3ccc(Cl)c(Cl)c3)CC2)cc1. The molecule has 0 aromatic heterocycles. The maximum Gasteiger partial charge on any atom is 0.255 e. The molecule has 0 saturated carbocycles. The van der Waals surface area contributed by atoms with Crippen LogP contribution in [-0.2, 0) is 0 Å². The van der Waals surface area contributed by atoms with E-state index in [-0.39, 0.29) is 11.8 Å². The quantitative estimate of drug-likeness (QED) is 0.464. The number of rotatable bonds is 4. The predicted octanol–water partition coefficient (Wildman–Crippen LogP) is 6.17. The van der Waals surface area contributed by atoms with Crippen LogP contribution in [0.5, 0.6) is 0 Å². The minimum absolute atomic E-state index is 0.0157. The molecule has 0 unspecified atom stereocenters. The first kappa shape index (κ1) is 23.4. The molecule has 1 saturated heterocycles. The summed E-state index contributed by atoms with van der Waals surface area (Å²) in [5.74, 6) is -0.299. The van der Waals surface area contributed by atoms with Crippen LogP contribution in [0.15, 0.2) is 60.7 Å². The standard InChI is InChI=1S/C25H22Cl3N3O2/c1-16-5-7-17(8-6-16)25(33)31-13-11-30(12-14-31)23-20(27)3-2-4-22(23)29-24(32)18-9-10-19(26)21(28)15-18/h2-10,15H,11-14H2,1H3,(H,29,32). The van der Waals surface area contributed by atoms with Crippen LogP contribution in [0.25, 0.3) is 0 Å². The number of carbonyl (C=O) groups is 2. The van der Waals surface area contributed by atoms with Gasteiger partial charge in [0, 0.05) is 37.3 Å². The van der Waals surface area contributed by atoms with Crippen molar-refractivity contribution in [3.8, 4) is 0 Å². The average Bonchev–Trinajstić information content (AvgIpc) is 2.81. The number of hydrogen-bond acceptors (Lipinski definition) is 3. The van der Waals surface area contributed by atoms with E-state index in [1.54, 1.807) is 30.3 Å². The molecule has 3 aromatic rings. The first-order valence-corrected chi connectivity index (χ1v) is 11.6. The second-order valence-corrected chi connectivity index (χ2v) is 9.09. The largest absolute Gasteiger partial charge is 0.365 e. The van der Waals surface area contributed by atoms with Gasteiger partial charge in [0.2, 0.25) is 0 Å². The van der Waals surface area contributed by atoms with Crippen LogP contribution in [0.3, 0.4) is 0 Å². The lowest BCUT2D eigenvalue weighted by Gasteiger charge is -2.37. The molecule has 4 rings (SSSR count). The summed E-state index contributed by atoms with van der Waals surface area (Å²) in [7, 11) is 0. The van der Waals surface area contributed by atoms with E-state index in [1.807, 2.05) is 36.1 Å². The van der Waals surface area contributed by atoms with E-state index in [2.05, 4.69) is 10.2 Å². The van der Waals surface area contributed by atoms with E-state index in [4.69, 9.17) is 34.8 Å². The zero-order chi connectivity index (χ0) is 23.5. The molecule has 0 spiro atoms. The number of benzene rings is 3. The van der Waals surface area contributed by atoms with Crippen LogP contribution in [0.2, 0.25) is 15.1 Å². The van der Waals surface area contributed by atoms with E-state index in [9.17, 15) is 9.59 Å². The Morgan fingerprint density at radius 1 is 0.788 bits per heavy atom. The normalized spacial score (nSPS) is 13.7. The highest BCUT2D eigenvalue weighted by Crippen LogP contribution is 2.35. The van der Waals surface area contributed by atoms with Gasteiger partial charge in [-0.2, -0.15) is 0 Å². The molecule has 3 aromatic carbocycles. The molecule has 0 aliphatic carbocycles. The van der Waals surface area contributed by atoms with Gasteiger partial charge in [-0.25, -0.2) is 0 Å². The molecule has 1 aliphatic heterocycles. The smallest absolute Gasteiger partial charge is 0.255 e. The lowest BCUT2D eigenvalue weighted by atomic mass is 10.1. The van der Waals surface area contributed by atoms with E-state index in [0.717, 1.165) is 11.3 Å². The Hall–Kier alpha value is -2.73. The van der Waals surface area contributed by atoms with Gasteiger partial charge in [-0.3, -0.25) is 9.59 Å². The van der Waals surface area contributed by atoms with Crippen molar-refractivity contribution < 1.29 is 9.59 Å². The molecule has 1 fully saturated rings. The van der Waals surface area contributed by atoms with Crippen molar-refractivity contribution in [1.29, 1.82) is 0 Å². The third kappa shape index (κ3) is 5.27. The highest BCUT2D eigenvalue weighted by atomic mass is 35.5. The monoisotopic (exact) mass is 501 g/mol. The lowest BCUT2D eigenvalue weighted by Crippen LogP contribution is -2.49. The molecule has 0 atom stereocenters. The minimum atomic E-state index is -0.315. The Kier molecular flexibility index (Phi) is 7.13. The van der Waals surface area contributed by atoms with E-state index in [0.29, 0.717) is 58.1 Å². The molecule has 5 nitrogen and oxygen atoms in total. The fourth-order valence-corrected chi connectivity index (χ4v) is 4.37. The Labute approximate surface area is 207 Å². The second kappa shape index (κ2) is 10.0. The Morgan fingerprint density at radius 2 is 1.45 bits per heavy atom. The van der Waals surface area contributed by atoms with Crippen LogP contribution in [0.1, 0.15) is 26.3 Å². The summed E-state index contributed by atoms with van der Waals surface area (Å²) >= 11 is 18.5. The molecule has 2 amide bonds. The highest BCUT2D eigenvalue weighted by Gasteiger charge is 2.25. The summed E-state index contributed by atoms with van der Waals surface area (Å²) in [6, 6.07) is 17.7. The molecule has 33 heavy (non-hydrogen) atoms. The average molecular weight is 503 g/mol. The first-order valence-electron chi connectivity index (χ1n) is 10.5. The van der Waals surface area contributed by atoms with Crippen molar-refractivity contribution in [2.45, 2.75) is 6.92 Å². The summed E-state index contributed by atoms with van der Waals surface area (Å²) < 4.78 is 0. The van der Waals surface area contributed by atoms with Crippen LogP contribution >= 0.6 is 34.8 Å². The second-order valence-electron chi connectivity index (χ2n) is 7.86. The van der Waals surface area contributed by atoms with E-state index < -0.39 is 0 Å². The molecule has 1 heterocycles. The summed E-state index contributed by atoms with van der Waals surface area (Å²) in [6.07, 6.45) is 0. The molecule has 0 radical (unpaired) electrons. The topological polar surface area (TPSA) is 52.7 Å². The zero-order valence-corrected chi connectivity index (χ0v) is 20.2.